The number of benzene rings is 1. The van der Waals surface area contributed by atoms with Crippen LogP contribution in [0.1, 0.15) is 0 Å². The highest BCUT2D eigenvalue weighted by atomic mass is 19.1. The molecule has 1 atom stereocenters. The van der Waals surface area contributed by atoms with Crippen LogP contribution >= 0.6 is 0 Å². The van der Waals surface area contributed by atoms with Crippen molar-refractivity contribution >= 4 is 30.1 Å². The number of cyclic esters (lactones) is 1. The normalized spacial score (nSPS) is 19.3. The monoisotopic (exact) mass is 453 g/mol. The third-order valence-corrected chi connectivity index (χ3v) is 5.00. The summed E-state index contributed by atoms with van der Waals surface area (Å²) in [7, 11) is 0. The minimum Gasteiger partial charge on any atom is -0.442 e. The number of carbonyl (C=O) groups excluding carboxylic acids is 2. The Morgan fingerprint density at radius 1 is 1.38 bits per heavy atom. The third kappa shape index (κ3) is 5.30. The number of nitrogens with zero attached hydrogens (tertiary/aromatic N) is 5. The lowest BCUT2D eigenvalue weighted by atomic mass is 10.2. The molecule has 1 aromatic carbocycles. The summed E-state index contributed by atoms with van der Waals surface area (Å²) in [5.41, 5.74) is 2.57. The maximum Gasteiger partial charge on any atom is 0.414 e. The van der Waals surface area contributed by atoms with Crippen molar-refractivity contribution in [2.45, 2.75) is 6.10 Å². The van der Waals surface area contributed by atoms with E-state index in [0.717, 1.165) is 17.0 Å². The Hall–Kier alpha value is -3.29. The molecule has 0 spiro atoms. The average Bonchev–Trinajstić information content (AvgIpc) is 2.96. The van der Waals surface area contributed by atoms with Crippen LogP contribution in [0.4, 0.5) is 25.0 Å². The zero-order chi connectivity index (χ0) is 23.3. The van der Waals surface area contributed by atoms with Crippen LogP contribution in [0.5, 0.6) is 0 Å². The first-order valence-electron chi connectivity index (χ1n) is 9.84. The van der Waals surface area contributed by atoms with Gasteiger partial charge in [-0.2, -0.15) is 0 Å². The van der Waals surface area contributed by atoms with Gasteiger partial charge < -0.3 is 19.8 Å². The Balaban J connectivity index is 1.72. The molecule has 32 heavy (non-hydrogen) atoms. The van der Waals surface area contributed by atoms with Crippen molar-refractivity contribution in [1.82, 2.24) is 15.4 Å². The van der Waals surface area contributed by atoms with Gasteiger partial charge in [0.25, 0.3) is 5.91 Å². The highest BCUT2D eigenvalue weighted by Crippen LogP contribution is 2.31. The Labute approximate surface area is 183 Å². The Kier molecular flexibility index (Phi) is 7.56. The van der Waals surface area contributed by atoms with Gasteiger partial charge in [0.15, 0.2) is 11.6 Å². The Bertz CT molecular complexity index is 877. The fourth-order valence-electron chi connectivity index (χ4n) is 3.52. The van der Waals surface area contributed by atoms with Crippen molar-refractivity contribution in [3.05, 3.63) is 36.2 Å². The lowest BCUT2D eigenvalue weighted by Crippen LogP contribution is -2.45. The van der Waals surface area contributed by atoms with Gasteiger partial charge in [-0.05, 0) is 6.72 Å². The molecule has 0 aliphatic carbocycles. The molecular formula is C19H25F2N7O4. The largest absolute Gasteiger partial charge is 0.442 e. The molecule has 2 fully saturated rings. The molecule has 4 N–H and O–H groups in total. The van der Waals surface area contributed by atoms with E-state index < -0.39 is 36.3 Å². The molecule has 0 unspecified atom stereocenters. The van der Waals surface area contributed by atoms with E-state index in [1.807, 2.05) is 0 Å². The van der Waals surface area contributed by atoms with Gasteiger partial charge in [0.05, 0.1) is 25.3 Å². The molecule has 0 saturated carbocycles. The summed E-state index contributed by atoms with van der Waals surface area (Å²) in [5, 5.41) is 11.5. The maximum atomic E-state index is 14.9. The zero-order valence-corrected chi connectivity index (χ0v) is 17.3. The summed E-state index contributed by atoms with van der Waals surface area (Å²) in [6, 6.07) is 2.14. The fourth-order valence-corrected chi connectivity index (χ4v) is 3.52. The Morgan fingerprint density at radius 3 is 2.75 bits per heavy atom. The number of carbonyl (C=O) groups is 2. The maximum absolute atomic E-state index is 14.9. The number of hydrogen-bond acceptors (Lipinski definition) is 9. The summed E-state index contributed by atoms with van der Waals surface area (Å²) < 4.78 is 35.1. The molecule has 3 rings (SSSR count). The van der Waals surface area contributed by atoms with Gasteiger partial charge in [-0.1, -0.05) is 0 Å². The summed E-state index contributed by atoms with van der Waals surface area (Å²) in [6.07, 6.45) is 1.47. The van der Waals surface area contributed by atoms with Crippen molar-refractivity contribution in [2.75, 3.05) is 55.7 Å². The predicted octanol–water partition coefficient (Wildman–Crippen LogP) is -0.217. The van der Waals surface area contributed by atoms with Crippen LogP contribution in [0.15, 0.2) is 29.5 Å². The van der Waals surface area contributed by atoms with Crippen molar-refractivity contribution in [2.24, 2.45) is 10.8 Å². The molecule has 11 nitrogen and oxygen atoms in total. The van der Waals surface area contributed by atoms with E-state index in [1.54, 1.807) is 0 Å². The number of ether oxygens (including phenoxy) is 1. The topological polar surface area (TPSA) is 127 Å². The first-order chi connectivity index (χ1) is 15.3. The van der Waals surface area contributed by atoms with Crippen LogP contribution in [0.2, 0.25) is 0 Å². The second-order valence-corrected chi connectivity index (χ2v) is 7.15. The van der Waals surface area contributed by atoms with Crippen LogP contribution in [-0.2, 0) is 9.53 Å². The molecule has 2 aliphatic rings. The van der Waals surface area contributed by atoms with Crippen LogP contribution in [0, 0.1) is 11.6 Å². The number of nitrogens with one attached hydrogen (secondary N) is 1. The zero-order valence-electron chi connectivity index (χ0n) is 17.3. The van der Waals surface area contributed by atoms with Crippen LogP contribution in [0.25, 0.3) is 0 Å². The fraction of sp³-hybridized carbons (Fsp3) is 0.421. The molecule has 2 amide bonds. The molecule has 2 heterocycles. The van der Waals surface area contributed by atoms with Crippen LogP contribution in [0.3, 0.4) is 0 Å². The standard InChI is InChI=1S/C19H25F2N7O4/c1-23-2-5-26(22)10-14-11-27(19(31)32-14)13-8-15(20)18(16(21)9-13)25-4-3-24-28(7-6-25)17(30)12-29/h2,5,8-9,14,24,29H,1,3-4,6-7,10-12,22H2/b5-2-/t14-/m0/s1. The highest BCUT2D eigenvalue weighted by Gasteiger charge is 2.34. The number of rotatable bonds is 7. The van der Waals surface area contributed by atoms with E-state index in [0.29, 0.717) is 0 Å². The summed E-state index contributed by atoms with van der Waals surface area (Å²) >= 11 is 0. The van der Waals surface area contributed by atoms with Crippen molar-refractivity contribution in [1.29, 1.82) is 0 Å². The van der Waals surface area contributed by atoms with E-state index in [4.69, 9.17) is 15.7 Å². The van der Waals surface area contributed by atoms with E-state index in [2.05, 4.69) is 17.1 Å². The summed E-state index contributed by atoms with van der Waals surface area (Å²) in [4.78, 5) is 30.0. The lowest BCUT2D eigenvalue weighted by molar-refractivity contribution is -0.136. The smallest absolute Gasteiger partial charge is 0.414 e. The molecule has 0 aromatic heterocycles. The minimum atomic E-state index is -0.848. The van der Waals surface area contributed by atoms with Gasteiger partial charge in [-0.3, -0.25) is 19.7 Å². The summed E-state index contributed by atoms with van der Waals surface area (Å²) in [5.74, 6) is 3.52. The van der Waals surface area contributed by atoms with E-state index >= 15 is 0 Å². The van der Waals surface area contributed by atoms with Gasteiger partial charge in [0.1, 0.15) is 18.4 Å². The molecular weight excluding hydrogens is 428 g/mol. The first-order valence-corrected chi connectivity index (χ1v) is 9.84. The molecule has 2 aliphatic heterocycles. The van der Waals surface area contributed by atoms with Crippen molar-refractivity contribution < 1.29 is 28.2 Å². The molecule has 2 saturated heterocycles. The number of amides is 2. The SMILES string of the molecule is C=N/C=C\N(N)C[C@H]1CN(c2cc(F)c(N3CCNN(C(=O)CO)CC3)c(F)c2)C(=O)O1. The molecule has 0 bridgehead atoms. The van der Waals surface area contributed by atoms with E-state index in [-0.39, 0.29) is 50.6 Å². The van der Waals surface area contributed by atoms with Gasteiger partial charge in [0, 0.05) is 44.2 Å². The number of hydrazine groups is 2. The van der Waals surface area contributed by atoms with Crippen molar-refractivity contribution in [3.8, 4) is 0 Å². The molecule has 1 aromatic rings. The van der Waals surface area contributed by atoms with E-state index in [9.17, 15) is 18.4 Å². The second kappa shape index (κ2) is 10.3. The van der Waals surface area contributed by atoms with Gasteiger partial charge in [-0.25, -0.2) is 24.8 Å². The van der Waals surface area contributed by atoms with Gasteiger partial charge in [0.2, 0.25) is 0 Å². The number of nitrogens with two attached hydrogens (primary N) is 1. The van der Waals surface area contributed by atoms with Crippen LogP contribution < -0.4 is 21.1 Å². The summed E-state index contributed by atoms with van der Waals surface area (Å²) in [6.45, 7) is 3.60. The average molecular weight is 453 g/mol. The molecule has 0 radical (unpaired) electrons. The quantitative estimate of drug-likeness (QED) is 0.294. The molecule has 174 valence electrons. The lowest BCUT2D eigenvalue weighted by Gasteiger charge is -2.25. The molecule has 13 heteroatoms. The number of aliphatic hydroxyl groups is 1. The first kappa shape index (κ1) is 23.4. The van der Waals surface area contributed by atoms with Crippen molar-refractivity contribution in [3.63, 3.8) is 0 Å². The number of aliphatic hydroxyl groups excluding tert-OH is 1. The number of aliphatic imine (C=N–C) groups is 1. The number of halogens is 2. The van der Waals surface area contributed by atoms with Gasteiger partial charge >= 0.3 is 6.09 Å². The van der Waals surface area contributed by atoms with Gasteiger partial charge in [-0.15, -0.1) is 0 Å². The third-order valence-electron chi connectivity index (χ3n) is 5.00. The highest BCUT2D eigenvalue weighted by molar-refractivity contribution is 5.90. The number of hydrogen-bond donors (Lipinski definition) is 3. The predicted molar refractivity (Wildman–Crippen MR) is 113 cm³/mol. The minimum absolute atomic E-state index is 0.0214. The number of anilines is 2. The van der Waals surface area contributed by atoms with E-state index in [1.165, 1.54) is 27.3 Å². The second-order valence-electron chi connectivity index (χ2n) is 7.15. The van der Waals surface area contributed by atoms with Crippen LogP contribution in [-0.4, -0.2) is 85.8 Å². The Morgan fingerprint density at radius 2 is 2.09 bits per heavy atom.